The molecular weight excluding hydrogens is 748 g/mol. The van der Waals surface area contributed by atoms with Gasteiger partial charge in [-0.1, -0.05) is 0 Å². The molecule has 0 spiro atoms. The summed E-state index contributed by atoms with van der Waals surface area (Å²) in [5.74, 6) is 0. The average molecular weight is 756 g/mol. The molecule has 10 heavy (non-hydrogen) atoms. The van der Waals surface area contributed by atoms with E-state index < -0.39 is 0 Å². The van der Waals surface area contributed by atoms with E-state index in [4.69, 9.17) is 0 Å². The van der Waals surface area contributed by atoms with Gasteiger partial charge in [-0.2, -0.15) is 0 Å². The molecule has 0 aliphatic heterocycles. The van der Waals surface area contributed by atoms with Crippen molar-refractivity contribution in [3.8, 4) is 0 Å². The standard InChI is InChI=1S/4ClH.4HI.Ti.V/h8*1H;;. The summed E-state index contributed by atoms with van der Waals surface area (Å²) in [5, 5.41) is 0. The molecule has 0 amide bonds. The summed E-state index contributed by atoms with van der Waals surface area (Å²) in [6.45, 7) is 0. The maximum Gasteiger partial charge on any atom is 0 e. The Bertz CT molecular complexity index is 17.2. The molecule has 0 aliphatic carbocycles. The van der Waals surface area contributed by atoms with Gasteiger partial charge >= 0.3 is 0 Å². The van der Waals surface area contributed by atoms with Crippen LogP contribution in [0, 0.1) is 0 Å². The van der Waals surface area contributed by atoms with Gasteiger partial charge in [0, 0.05) is 40.3 Å². The molecule has 0 N–H and O–H groups in total. The molecule has 0 saturated heterocycles. The second-order valence-electron chi connectivity index (χ2n) is 0. The van der Waals surface area contributed by atoms with Crippen LogP contribution in [0.2, 0.25) is 0 Å². The van der Waals surface area contributed by atoms with Crippen molar-refractivity contribution in [1.29, 1.82) is 0 Å². The summed E-state index contributed by atoms with van der Waals surface area (Å²) in [7, 11) is 0. The number of rotatable bonds is 0. The van der Waals surface area contributed by atoms with Crippen LogP contribution < -0.4 is 0 Å². The fourth-order valence-corrected chi connectivity index (χ4v) is 0. The maximum absolute atomic E-state index is 0. The molecule has 0 rings (SSSR count). The van der Waals surface area contributed by atoms with Gasteiger partial charge in [0.1, 0.15) is 0 Å². The number of hydrogen-bond donors (Lipinski definition) is 0. The average Bonchev–Trinajstić information content (AvgIpc) is 0. The molecular formula is H8Cl4I4TiV. The summed E-state index contributed by atoms with van der Waals surface area (Å²) >= 11 is 0. The van der Waals surface area contributed by atoms with Crippen LogP contribution >= 0.6 is 146 Å². The third-order valence-corrected chi connectivity index (χ3v) is 0. The van der Waals surface area contributed by atoms with Crippen molar-refractivity contribution in [2.24, 2.45) is 0 Å². The Morgan fingerprint density at radius 2 is 0.400 bits per heavy atom. The Morgan fingerprint density at radius 1 is 0.400 bits per heavy atom. The van der Waals surface area contributed by atoms with Crippen molar-refractivity contribution in [3.63, 3.8) is 0 Å². The van der Waals surface area contributed by atoms with E-state index in [9.17, 15) is 0 Å². The van der Waals surface area contributed by atoms with Crippen molar-refractivity contribution < 1.29 is 40.3 Å². The van der Waals surface area contributed by atoms with Gasteiger partial charge in [0.05, 0.1) is 0 Å². The first kappa shape index (κ1) is 110. The molecule has 0 saturated carbocycles. The van der Waals surface area contributed by atoms with Crippen LogP contribution in [-0.4, -0.2) is 0 Å². The monoisotopic (exact) mass is 754 g/mol. The Morgan fingerprint density at radius 3 is 0.400 bits per heavy atom. The van der Waals surface area contributed by atoms with Crippen LogP contribution in [-0.2, 0) is 40.3 Å². The minimum Gasteiger partial charge on any atom is -0.147 e. The third-order valence-electron chi connectivity index (χ3n) is 0. The Labute approximate surface area is 182 Å². The Balaban J connectivity index is 0. The van der Waals surface area contributed by atoms with E-state index in [1.165, 1.54) is 0 Å². The van der Waals surface area contributed by atoms with Crippen LogP contribution in [0.4, 0.5) is 0 Å². The smallest absolute Gasteiger partial charge is 0 e. The first-order valence-electron chi connectivity index (χ1n) is 0. The molecule has 0 atom stereocenters. The van der Waals surface area contributed by atoms with Crippen molar-refractivity contribution in [2.75, 3.05) is 0 Å². The van der Waals surface area contributed by atoms with Gasteiger partial charge in [0.25, 0.3) is 0 Å². The van der Waals surface area contributed by atoms with Gasteiger partial charge in [0.15, 0.2) is 0 Å². The van der Waals surface area contributed by atoms with Crippen molar-refractivity contribution >= 4 is 146 Å². The minimum absolute atomic E-state index is 0. The summed E-state index contributed by atoms with van der Waals surface area (Å²) in [5.41, 5.74) is 0. The summed E-state index contributed by atoms with van der Waals surface area (Å²) < 4.78 is 0. The quantitative estimate of drug-likeness (QED) is 0.258. The number of halogens is 8. The van der Waals surface area contributed by atoms with Crippen molar-refractivity contribution in [1.82, 2.24) is 0 Å². The number of hydrogen-bond acceptors (Lipinski definition) is 0. The first-order valence-corrected chi connectivity index (χ1v) is 0. The zero-order valence-corrected chi connectivity index (χ0v) is 19.8. The molecule has 0 aromatic carbocycles. The molecule has 0 fully saturated rings. The van der Waals surface area contributed by atoms with E-state index in [2.05, 4.69) is 0 Å². The normalized spacial score (nSPS) is 0. The van der Waals surface area contributed by atoms with Crippen LogP contribution in [0.3, 0.4) is 0 Å². The Kier molecular flexibility index (Phi) is 978. The molecule has 0 aromatic rings. The van der Waals surface area contributed by atoms with E-state index in [0.29, 0.717) is 0 Å². The third kappa shape index (κ3) is 70.9. The second kappa shape index (κ2) is 89.0. The molecule has 0 heterocycles. The van der Waals surface area contributed by atoms with Crippen LogP contribution in [0.1, 0.15) is 0 Å². The molecule has 73 valence electrons. The van der Waals surface area contributed by atoms with Crippen LogP contribution in [0.5, 0.6) is 0 Å². The van der Waals surface area contributed by atoms with Crippen molar-refractivity contribution in [2.45, 2.75) is 0 Å². The molecule has 0 nitrogen and oxygen atoms in total. The van der Waals surface area contributed by atoms with E-state index >= 15 is 0 Å². The summed E-state index contributed by atoms with van der Waals surface area (Å²) in [4.78, 5) is 0. The predicted octanol–water partition coefficient (Wildman–Crippen LogP) is 4.15. The van der Waals surface area contributed by atoms with Gasteiger partial charge in [-0.3, -0.25) is 0 Å². The van der Waals surface area contributed by atoms with E-state index in [1.807, 2.05) is 0 Å². The predicted molar refractivity (Wildman–Crippen MR) is 90.7 cm³/mol. The maximum atomic E-state index is 0. The molecule has 0 aliphatic rings. The van der Waals surface area contributed by atoms with E-state index in [1.54, 1.807) is 0 Å². The van der Waals surface area contributed by atoms with Crippen molar-refractivity contribution in [3.05, 3.63) is 0 Å². The molecule has 1 radical (unpaired) electrons. The van der Waals surface area contributed by atoms with E-state index in [0.717, 1.165) is 0 Å². The fourth-order valence-electron chi connectivity index (χ4n) is 0. The first-order chi connectivity index (χ1) is 0. The van der Waals surface area contributed by atoms with Crippen LogP contribution in [0.15, 0.2) is 0 Å². The van der Waals surface area contributed by atoms with Gasteiger partial charge in [-0.05, 0) is 0 Å². The van der Waals surface area contributed by atoms with Gasteiger partial charge < -0.3 is 0 Å². The summed E-state index contributed by atoms with van der Waals surface area (Å²) in [6, 6.07) is 0. The van der Waals surface area contributed by atoms with Gasteiger partial charge in [-0.25, -0.2) is 0 Å². The summed E-state index contributed by atoms with van der Waals surface area (Å²) in [6.07, 6.45) is 0. The second-order valence-corrected chi connectivity index (χ2v) is 0. The molecule has 10 heteroatoms. The SMILES string of the molecule is Cl.Cl.Cl.Cl.I.I.I.I.[Ti].[V]. The zero-order chi connectivity index (χ0) is 0. The molecule has 0 aromatic heterocycles. The van der Waals surface area contributed by atoms with E-state index in [-0.39, 0.29) is 186 Å². The molecule has 0 bridgehead atoms. The largest absolute Gasteiger partial charge is 0.147 e. The zero-order valence-electron chi connectivity index (χ0n) is 4.21. The molecule has 0 unspecified atom stereocenters. The fraction of sp³-hybridized carbons (Fsp3) is 0. The Hall–Kier alpha value is 5.38. The van der Waals surface area contributed by atoms with Crippen LogP contribution in [0.25, 0.3) is 0 Å². The van der Waals surface area contributed by atoms with Gasteiger partial charge in [0.2, 0.25) is 0 Å². The minimum atomic E-state index is 0. The topological polar surface area (TPSA) is 0 Å². The van der Waals surface area contributed by atoms with Gasteiger partial charge in [-0.15, -0.1) is 146 Å².